The molecule has 0 spiro atoms. The Bertz CT molecular complexity index is 10800. The molecule has 10 heterocycles. The van der Waals surface area contributed by atoms with E-state index in [0.29, 0.717) is 17.5 Å². The van der Waals surface area contributed by atoms with E-state index in [1.807, 2.05) is 72.8 Å². The third kappa shape index (κ3) is 12.9. The molecule has 22 aromatic carbocycles. The van der Waals surface area contributed by atoms with Crippen molar-refractivity contribution in [2.75, 3.05) is 0 Å². The van der Waals surface area contributed by atoms with Gasteiger partial charge in [0.15, 0.2) is 17.5 Å². The summed E-state index contributed by atoms with van der Waals surface area (Å²) in [6.07, 6.45) is 0. The second-order valence-corrected chi connectivity index (χ2v) is 38.0. The van der Waals surface area contributed by atoms with Crippen molar-refractivity contribution in [3.8, 4) is 79.7 Å². The fraction of sp³-hybridized carbons (Fsp3) is 0. The third-order valence-electron chi connectivity index (χ3n) is 30.0. The van der Waals surface area contributed by atoms with Gasteiger partial charge in [-0.3, -0.25) is 0 Å². The number of furan rings is 1. The van der Waals surface area contributed by atoms with E-state index in [-0.39, 0.29) is 0 Å². The van der Waals surface area contributed by atoms with Gasteiger partial charge in [0.25, 0.3) is 0 Å². The SMILES string of the molecule is c1ccc(-c2nc(-c3ccccc3)nc(-c3ccc(-n4c5ccccc5c5c(-n6c7ccccc7c7ccccc76)cccc54)cc3)n2)cc1.c1ccc(-n2c3ccccc3c3cc(-n4c5ccccc5c5c(-n6c7ccccc7c7ccccc76)cccc54)ccc32)cc1.c1ccc2c(c1)oc1ccc(-n3c4ccccc4c4cc(-n5c6ccccc6c6c(-n7c8ccccc8c8ccccc87)cccc65)ccc43)cc12. The molecule has 0 aliphatic heterocycles. The molecule has 32 aromatic rings. The average Bonchev–Trinajstić information content (AvgIpc) is 1.57. The van der Waals surface area contributed by atoms with E-state index in [2.05, 4.69) is 479 Å². The molecule has 0 aliphatic rings. The summed E-state index contributed by atoms with van der Waals surface area (Å²) in [4.78, 5) is 14.8. The Balaban J connectivity index is 0.000000102. The Morgan fingerprint density at radius 2 is 0.347 bits per heavy atom. The largest absolute Gasteiger partial charge is 0.456 e. The topological polar surface area (TPSA) is 91.3 Å². The first kappa shape index (κ1) is 82.9. The van der Waals surface area contributed by atoms with Crippen LogP contribution in [0.3, 0.4) is 0 Å². The van der Waals surface area contributed by atoms with E-state index in [0.717, 1.165) is 72.4 Å². The molecule has 0 amide bonds. The zero-order valence-corrected chi connectivity index (χ0v) is 79.4. The van der Waals surface area contributed by atoms with E-state index < -0.39 is 0 Å². The first-order valence-corrected chi connectivity index (χ1v) is 50.0. The minimum absolute atomic E-state index is 0.639. The van der Waals surface area contributed by atoms with Crippen molar-refractivity contribution >= 4 is 196 Å². The van der Waals surface area contributed by atoms with Crippen LogP contribution in [0.4, 0.5) is 0 Å². The first-order valence-electron chi connectivity index (χ1n) is 50.0. The van der Waals surface area contributed by atoms with Gasteiger partial charge in [0.1, 0.15) is 11.2 Å². The molecule has 686 valence electrons. The number of aromatic nitrogens is 11. The van der Waals surface area contributed by atoms with Crippen molar-refractivity contribution < 1.29 is 4.42 Å². The van der Waals surface area contributed by atoms with E-state index >= 15 is 0 Å². The van der Waals surface area contributed by atoms with Crippen molar-refractivity contribution in [3.05, 3.63) is 516 Å². The molecule has 10 aromatic heterocycles. The highest BCUT2D eigenvalue weighted by Gasteiger charge is 2.28. The minimum Gasteiger partial charge on any atom is -0.456 e. The van der Waals surface area contributed by atoms with Crippen LogP contribution in [0, 0.1) is 0 Å². The Labute approximate surface area is 841 Å². The Kier molecular flexibility index (Phi) is 18.8. The van der Waals surface area contributed by atoms with Crippen molar-refractivity contribution in [1.82, 2.24) is 51.5 Å². The quantitative estimate of drug-likeness (QED) is 0.129. The molecule has 0 saturated heterocycles. The summed E-state index contributed by atoms with van der Waals surface area (Å²) in [7, 11) is 0. The molecular weight excluding hydrogens is 1790 g/mol. The molecule has 0 unspecified atom stereocenters. The van der Waals surface area contributed by atoms with Gasteiger partial charge in [-0.15, -0.1) is 0 Å². The highest BCUT2D eigenvalue weighted by atomic mass is 16.3. The molecular formula is C135H85N11O. The lowest BCUT2D eigenvalue weighted by Crippen LogP contribution is -2.00. The van der Waals surface area contributed by atoms with E-state index in [1.165, 1.54) is 186 Å². The molecule has 0 N–H and O–H groups in total. The molecule has 12 heteroatoms. The zero-order valence-electron chi connectivity index (χ0n) is 79.4. The van der Waals surface area contributed by atoms with E-state index in [1.54, 1.807) is 0 Å². The predicted octanol–water partition coefficient (Wildman–Crippen LogP) is 34.9. The summed E-state index contributed by atoms with van der Waals surface area (Å²) in [5, 5.41) is 22.2. The first-order chi connectivity index (χ1) is 73.0. The van der Waals surface area contributed by atoms with Crippen molar-refractivity contribution in [2.24, 2.45) is 0 Å². The van der Waals surface area contributed by atoms with Crippen molar-refractivity contribution in [1.29, 1.82) is 0 Å². The van der Waals surface area contributed by atoms with Gasteiger partial charge in [-0.25, -0.2) is 15.0 Å². The van der Waals surface area contributed by atoms with Gasteiger partial charge in [0, 0.05) is 142 Å². The van der Waals surface area contributed by atoms with Gasteiger partial charge < -0.3 is 41.0 Å². The van der Waals surface area contributed by atoms with Crippen LogP contribution in [0.25, 0.3) is 276 Å². The highest BCUT2D eigenvalue weighted by Crippen LogP contribution is 2.48. The summed E-state index contributed by atoms with van der Waals surface area (Å²) < 4.78 is 25.5. The molecule has 12 nitrogen and oxygen atoms in total. The number of hydrogen-bond donors (Lipinski definition) is 0. The van der Waals surface area contributed by atoms with Gasteiger partial charge in [0.2, 0.25) is 0 Å². The standard InChI is InChI=1S/C48H29N3O.C45H29N5.C42H27N3/c1-7-18-40-32(12-1)33-13-2-8-19-41(33)51(40)45-22-11-21-44-48(45)36-16-4-9-20-42(36)50(44)30-24-26-43-37(28-30)34-14-3-6-17-39(34)49(43)31-25-27-47-38(29-31)35-15-5-10-23-46(35)52-47;1-3-14-30(15-4-1)43-46-44(31-16-5-2-6-17-31)48-45(47-43)32-26-28-33(29-27-32)49-39-23-12-9-20-36(39)42-40(49)24-13-25-41(42)50-37-21-10-7-18-34(37)35-19-8-11-22-38(35)50;1-2-13-28(14-3-1)43-35-19-8-6-17-32(35)34-27-29(25-26-39(34)43)44-38-22-11-7-18-33(38)42-40(44)23-12-24-41(42)45-36-20-9-4-15-30(36)31-16-5-10-21-37(31)45/h1-29H;1-29H;1-27H. The van der Waals surface area contributed by atoms with Crippen LogP contribution in [0.15, 0.2) is 520 Å². The normalized spacial score (nSPS) is 11.9. The summed E-state index contributed by atoms with van der Waals surface area (Å²) in [5.74, 6) is 1.94. The molecule has 0 saturated carbocycles. The molecule has 32 rings (SSSR count). The fourth-order valence-corrected chi connectivity index (χ4v) is 23.8. The van der Waals surface area contributed by atoms with Crippen LogP contribution >= 0.6 is 0 Å². The van der Waals surface area contributed by atoms with Crippen LogP contribution in [-0.2, 0) is 0 Å². The monoisotopic (exact) mass is 1880 g/mol. The Morgan fingerprint density at radius 1 is 0.129 bits per heavy atom. The van der Waals surface area contributed by atoms with Crippen LogP contribution in [0.1, 0.15) is 0 Å². The number of nitrogens with zero attached hydrogens (tertiary/aromatic N) is 11. The van der Waals surface area contributed by atoms with Crippen LogP contribution in [0.5, 0.6) is 0 Å². The number of hydrogen-bond acceptors (Lipinski definition) is 4. The molecule has 0 bridgehead atoms. The summed E-state index contributed by atoms with van der Waals surface area (Å²) in [6.45, 7) is 0. The number of para-hydroxylation sites is 13. The van der Waals surface area contributed by atoms with Gasteiger partial charge >= 0.3 is 0 Å². The second kappa shape index (κ2) is 33.4. The molecule has 0 radical (unpaired) electrons. The number of rotatable bonds is 11. The van der Waals surface area contributed by atoms with Gasteiger partial charge in [-0.2, -0.15) is 0 Å². The van der Waals surface area contributed by atoms with Crippen LogP contribution in [-0.4, -0.2) is 51.5 Å². The summed E-state index contributed by atoms with van der Waals surface area (Å²) in [6, 6.07) is 184. The van der Waals surface area contributed by atoms with Crippen LogP contribution < -0.4 is 0 Å². The lowest BCUT2D eigenvalue weighted by molar-refractivity contribution is 0.669. The maximum Gasteiger partial charge on any atom is 0.164 e. The number of benzene rings is 22. The average molecular weight is 1880 g/mol. The second-order valence-electron chi connectivity index (χ2n) is 38.0. The fourth-order valence-electron chi connectivity index (χ4n) is 23.8. The van der Waals surface area contributed by atoms with E-state index in [9.17, 15) is 0 Å². The van der Waals surface area contributed by atoms with Crippen molar-refractivity contribution in [2.45, 2.75) is 0 Å². The van der Waals surface area contributed by atoms with E-state index in [4.69, 9.17) is 19.4 Å². The maximum absolute atomic E-state index is 6.19. The highest BCUT2D eigenvalue weighted by molar-refractivity contribution is 6.22. The maximum atomic E-state index is 6.19. The molecule has 0 atom stereocenters. The number of fused-ring (bicyclic) bond motifs is 27. The minimum atomic E-state index is 0.639. The smallest absolute Gasteiger partial charge is 0.164 e. The Hall–Kier alpha value is -20.0. The van der Waals surface area contributed by atoms with Gasteiger partial charge in [-0.05, 0) is 200 Å². The molecule has 147 heavy (non-hydrogen) atoms. The molecule has 0 fully saturated rings. The van der Waals surface area contributed by atoms with Crippen molar-refractivity contribution in [3.63, 3.8) is 0 Å². The summed E-state index contributed by atoms with van der Waals surface area (Å²) >= 11 is 0. The lowest BCUT2D eigenvalue weighted by atomic mass is 10.1. The third-order valence-corrected chi connectivity index (χ3v) is 30.0. The predicted molar refractivity (Wildman–Crippen MR) is 611 cm³/mol. The lowest BCUT2D eigenvalue weighted by Gasteiger charge is -2.12. The van der Waals surface area contributed by atoms with Gasteiger partial charge in [-0.1, -0.05) is 315 Å². The summed E-state index contributed by atoms with van der Waals surface area (Å²) in [5.41, 5.74) is 32.9. The molecule has 0 aliphatic carbocycles. The Morgan fingerprint density at radius 3 is 0.701 bits per heavy atom. The zero-order chi connectivity index (χ0) is 96.4. The van der Waals surface area contributed by atoms with Crippen LogP contribution in [0.2, 0.25) is 0 Å². The van der Waals surface area contributed by atoms with Gasteiger partial charge in [0.05, 0.1) is 105 Å².